The first kappa shape index (κ1) is 16.2. The van der Waals surface area contributed by atoms with Gasteiger partial charge in [0.25, 0.3) is 0 Å². The lowest BCUT2D eigenvalue weighted by Gasteiger charge is -2.15. The van der Waals surface area contributed by atoms with Gasteiger partial charge in [0.05, 0.1) is 11.5 Å². The molecule has 2 rings (SSSR count). The van der Waals surface area contributed by atoms with Crippen LogP contribution in [0.15, 0.2) is 29.2 Å². The Balaban J connectivity index is 1.80. The molecule has 1 heterocycles. The molecule has 1 aliphatic rings. The van der Waals surface area contributed by atoms with Gasteiger partial charge in [0.2, 0.25) is 0 Å². The van der Waals surface area contributed by atoms with Gasteiger partial charge in [-0.2, -0.15) is 13.2 Å². The predicted octanol–water partition coefficient (Wildman–Crippen LogP) is 3.20. The topological polar surface area (TPSA) is 40.5 Å². The van der Waals surface area contributed by atoms with Gasteiger partial charge in [-0.05, 0) is 31.2 Å². The quantitative estimate of drug-likeness (QED) is 0.846. The Labute approximate surface area is 125 Å². The van der Waals surface area contributed by atoms with Crippen LogP contribution in [-0.4, -0.2) is 41.4 Å². The summed E-state index contributed by atoms with van der Waals surface area (Å²) in [5.41, 5.74) is -0.639. The van der Waals surface area contributed by atoms with Crippen LogP contribution in [-0.2, 0) is 11.0 Å². The Morgan fingerprint density at radius 3 is 2.81 bits per heavy atom. The highest BCUT2D eigenvalue weighted by Gasteiger charge is 2.30. The number of carbonyl (C=O) groups is 1. The van der Waals surface area contributed by atoms with E-state index in [1.165, 1.54) is 17.8 Å². The molecule has 0 aliphatic carbocycles. The molecule has 7 heteroatoms. The van der Waals surface area contributed by atoms with Crippen molar-refractivity contribution >= 4 is 17.7 Å². The molecule has 0 amide bonds. The third kappa shape index (κ3) is 4.64. The van der Waals surface area contributed by atoms with Crippen molar-refractivity contribution in [1.29, 1.82) is 0 Å². The summed E-state index contributed by atoms with van der Waals surface area (Å²) in [6.45, 7) is 1.95. The third-order valence-corrected chi connectivity index (χ3v) is 4.43. The van der Waals surface area contributed by atoms with E-state index in [9.17, 15) is 18.0 Å². The second-order valence-electron chi connectivity index (χ2n) is 5.00. The lowest BCUT2D eigenvalue weighted by molar-refractivity contribution is -0.141. The molecule has 21 heavy (non-hydrogen) atoms. The van der Waals surface area contributed by atoms with Crippen LogP contribution < -0.4 is 0 Å². The number of halogens is 3. The molecule has 0 bridgehead atoms. The zero-order chi connectivity index (χ0) is 15.5. The number of carboxylic acids is 1. The van der Waals surface area contributed by atoms with Gasteiger partial charge in [-0.15, -0.1) is 11.8 Å². The van der Waals surface area contributed by atoms with Crippen LogP contribution in [0.1, 0.15) is 12.0 Å². The van der Waals surface area contributed by atoms with Gasteiger partial charge < -0.3 is 10.0 Å². The van der Waals surface area contributed by atoms with Crippen LogP contribution >= 0.6 is 11.8 Å². The van der Waals surface area contributed by atoms with Crippen LogP contribution in [0.4, 0.5) is 13.2 Å². The van der Waals surface area contributed by atoms with Crippen LogP contribution in [0, 0.1) is 5.92 Å². The number of alkyl halides is 3. The fourth-order valence-corrected chi connectivity index (χ4v) is 3.26. The van der Waals surface area contributed by atoms with Crippen molar-refractivity contribution in [3.63, 3.8) is 0 Å². The average Bonchev–Trinajstić information content (AvgIpc) is 2.87. The highest BCUT2D eigenvalue weighted by molar-refractivity contribution is 7.99. The van der Waals surface area contributed by atoms with Crippen LogP contribution in [0.5, 0.6) is 0 Å². The summed E-state index contributed by atoms with van der Waals surface area (Å²) in [7, 11) is 0. The molecule has 1 atom stereocenters. The van der Waals surface area contributed by atoms with E-state index in [4.69, 9.17) is 5.11 Å². The molecule has 1 aliphatic heterocycles. The average molecular weight is 319 g/mol. The van der Waals surface area contributed by atoms with Crippen LogP contribution in [0.3, 0.4) is 0 Å². The third-order valence-electron chi connectivity index (χ3n) is 3.46. The maximum atomic E-state index is 12.6. The molecular weight excluding hydrogens is 303 g/mol. The number of rotatable bonds is 5. The van der Waals surface area contributed by atoms with Gasteiger partial charge in [-0.3, -0.25) is 4.79 Å². The van der Waals surface area contributed by atoms with Crippen molar-refractivity contribution in [3.8, 4) is 0 Å². The van der Waals surface area contributed by atoms with Gasteiger partial charge in [0.1, 0.15) is 0 Å². The van der Waals surface area contributed by atoms with E-state index in [1.807, 2.05) is 4.90 Å². The molecule has 0 saturated carbocycles. The molecule has 0 radical (unpaired) electrons. The second kappa shape index (κ2) is 6.70. The highest BCUT2D eigenvalue weighted by Crippen LogP contribution is 2.32. The van der Waals surface area contributed by atoms with Crippen molar-refractivity contribution in [2.24, 2.45) is 5.92 Å². The summed E-state index contributed by atoms with van der Waals surface area (Å²) in [4.78, 5) is 13.5. The molecule has 116 valence electrons. The molecule has 1 saturated heterocycles. The van der Waals surface area contributed by atoms with E-state index in [0.29, 0.717) is 30.2 Å². The van der Waals surface area contributed by atoms with Crippen LogP contribution in [0.2, 0.25) is 0 Å². The molecular formula is C14H16F3NO2S. The normalized spacial score (nSPS) is 19.9. The Kier molecular flexibility index (Phi) is 5.16. The number of nitrogens with zero attached hydrogens (tertiary/aromatic N) is 1. The first-order chi connectivity index (χ1) is 9.86. The maximum absolute atomic E-state index is 12.6. The zero-order valence-electron chi connectivity index (χ0n) is 11.3. The van der Waals surface area contributed by atoms with E-state index < -0.39 is 17.7 Å². The van der Waals surface area contributed by atoms with Crippen LogP contribution in [0.25, 0.3) is 0 Å². The van der Waals surface area contributed by atoms with E-state index >= 15 is 0 Å². The fourth-order valence-electron chi connectivity index (χ4n) is 2.29. The Bertz CT molecular complexity index is 507. The van der Waals surface area contributed by atoms with Crippen molar-refractivity contribution in [1.82, 2.24) is 4.90 Å². The SMILES string of the molecule is O=C(O)C1CCN(CCSc2cccc(C(F)(F)F)c2)C1. The number of carboxylic acid groups (broad SMARTS) is 1. The summed E-state index contributed by atoms with van der Waals surface area (Å²) >= 11 is 1.36. The lowest BCUT2D eigenvalue weighted by Crippen LogP contribution is -2.25. The van der Waals surface area contributed by atoms with Crippen molar-refractivity contribution < 1.29 is 23.1 Å². The number of thioether (sulfide) groups is 1. The predicted molar refractivity (Wildman–Crippen MR) is 74.4 cm³/mol. The lowest BCUT2D eigenvalue weighted by atomic mass is 10.1. The Morgan fingerprint density at radius 2 is 2.19 bits per heavy atom. The molecule has 0 aromatic heterocycles. The molecule has 1 unspecified atom stereocenters. The summed E-state index contributed by atoms with van der Waals surface area (Å²) in [6, 6.07) is 5.27. The number of benzene rings is 1. The second-order valence-corrected chi connectivity index (χ2v) is 6.17. The van der Waals surface area contributed by atoms with Gasteiger partial charge in [0, 0.05) is 23.7 Å². The van der Waals surface area contributed by atoms with Crippen molar-refractivity contribution in [3.05, 3.63) is 29.8 Å². The number of likely N-dealkylation sites (tertiary alicyclic amines) is 1. The van der Waals surface area contributed by atoms with Gasteiger partial charge in [0.15, 0.2) is 0 Å². The first-order valence-corrected chi connectivity index (χ1v) is 7.60. The first-order valence-electron chi connectivity index (χ1n) is 6.61. The number of aliphatic carboxylic acids is 1. The molecule has 1 aromatic carbocycles. The minimum atomic E-state index is -4.32. The monoisotopic (exact) mass is 319 g/mol. The smallest absolute Gasteiger partial charge is 0.416 e. The van der Waals surface area contributed by atoms with E-state index in [2.05, 4.69) is 0 Å². The highest BCUT2D eigenvalue weighted by atomic mass is 32.2. The minimum absolute atomic E-state index is 0.316. The molecule has 1 N–H and O–H groups in total. The van der Waals surface area contributed by atoms with E-state index in [-0.39, 0.29) is 5.92 Å². The largest absolute Gasteiger partial charge is 0.481 e. The Hall–Kier alpha value is -1.21. The van der Waals surface area contributed by atoms with Crippen molar-refractivity contribution in [2.45, 2.75) is 17.5 Å². The number of hydrogen-bond donors (Lipinski definition) is 1. The summed E-state index contributed by atoms with van der Waals surface area (Å²) < 4.78 is 37.7. The zero-order valence-corrected chi connectivity index (χ0v) is 12.1. The summed E-state index contributed by atoms with van der Waals surface area (Å²) in [5, 5.41) is 8.90. The summed E-state index contributed by atoms with van der Waals surface area (Å²) in [5.74, 6) is -0.445. The van der Waals surface area contributed by atoms with Gasteiger partial charge in [-0.1, -0.05) is 6.07 Å². The molecule has 1 fully saturated rings. The van der Waals surface area contributed by atoms with Crippen molar-refractivity contribution in [2.75, 3.05) is 25.4 Å². The van der Waals surface area contributed by atoms with Gasteiger partial charge >= 0.3 is 12.1 Å². The van der Waals surface area contributed by atoms with E-state index in [0.717, 1.165) is 18.7 Å². The number of hydrogen-bond acceptors (Lipinski definition) is 3. The molecule has 0 spiro atoms. The minimum Gasteiger partial charge on any atom is -0.481 e. The molecule has 3 nitrogen and oxygen atoms in total. The van der Waals surface area contributed by atoms with E-state index in [1.54, 1.807) is 6.07 Å². The fraction of sp³-hybridized carbons (Fsp3) is 0.500. The maximum Gasteiger partial charge on any atom is 0.416 e. The van der Waals surface area contributed by atoms with Gasteiger partial charge in [-0.25, -0.2) is 0 Å². The Morgan fingerprint density at radius 1 is 1.43 bits per heavy atom. The summed E-state index contributed by atoms with van der Waals surface area (Å²) in [6.07, 6.45) is -3.68. The standard InChI is InChI=1S/C14H16F3NO2S/c15-14(16,17)11-2-1-3-12(8-11)21-7-6-18-5-4-10(9-18)13(19)20/h1-3,8,10H,4-7,9H2,(H,19,20). The molecule has 1 aromatic rings.